The summed E-state index contributed by atoms with van der Waals surface area (Å²) in [6.45, 7) is 5.77. The smallest absolute Gasteiger partial charge is 0.239 e. The van der Waals surface area contributed by atoms with Crippen molar-refractivity contribution in [3.8, 4) is 0 Å². The number of rotatable bonds is 5. The van der Waals surface area contributed by atoms with E-state index in [0.29, 0.717) is 6.04 Å². The third-order valence-corrected chi connectivity index (χ3v) is 3.24. The number of hydrogen-bond donors (Lipinski definition) is 1. The van der Waals surface area contributed by atoms with Gasteiger partial charge in [-0.1, -0.05) is 13.8 Å². The summed E-state index contributed by atoms with van der Waals surface area (Å²) in [6, 6.07) is 2.37. The second-order valence-corrected chi connectivity index (χ2v) is 5.22. The van der Waals surface area contributed by atoms with E-state index in [1.165, 1.54) is 0 Å². The minimum absolute atomic E-state index is 0.00809. The molecule has 1 aromatic heterocycles. The predicted molar refractivity (Wildman–Crippen MR) is 70.2 cm³/mol. The fourth-order valence-corrected chi connectivity index (χ4v) is 2.36. The highest BCUT2D eigenvalue weighted by Crippen LogP contribution is 2.12. The minimum Gasteiger partial charge on any atom is -0.341 e. The van der Waals surface area contributed by atoms with Gasteiger partial charge in [0.25, 0.3) is 0 Å². The number of carbonyl (C=O) groups is 1. The molecule has 1 atom stereocenters. The monoisotopic (exact) mass is 250 g/mol. The molecular weight excluding hydrogens is 228 g/mol. The predicted octanol–water partition coefficient (Wildman–Crippen LogP) is 0.561. The number of hydrogen-bond acceptors (Lipinski definition) is 3. The number of likely N-dealkylation sites (tertiary alicyclic amines) is 1. The molecule has 1 unspecified atom stereocenters. The fourth-order valence-electron chi connectivity index (χ4n) is 2.36. The first-order valence-corrected chi connectivity index (χ1v) is 6.59. The summed E-state index contributed by atoms with van der Waals surface area (Å²) in [5.41, 5.74) is 1.05. The Morgan fingerprint density at radius 1 is 1.56 bits per heavy atom. The fraction of sp³-hybridized carbons (Fsp3) is 0.692. The van der Waals surface area contributed by atoms with E-state index in [2.05, 4.69) is 24.3 Å². The van der Waals surface area contributed by atoms with Crippen molar-refractivity contribution >= 4 is 5.91 Å². The lowest BCUT2D eigenvalue weighted by Crippen LogP contribution is -2.41. The first-order chi connectivity index (χ1) is 8.56. The Morgan fingerprint density at radius 3 is 2.94 bits per heavy atom. The van der Waals surface area contributed by atoms with Crippen molar-refractivity contribution in [1.82, 2.24) is 20.0 Å². The molecule has 5 heteroatoms. The molecule has 5 nitrogen and oxygen atoms in total. The summed E-state index contributed by atoms with van der Waals surface area (Å²) in [4.78, 5) is 14.0. The summed E-state index contributed by atoms with van der Waals surface area (Å²) in [5, 5.41) is 7.64. The van der Waals surface area contributed by atoms with Gasteiger partial charge in [0.2, 0.25) is 5.91 Å². The van der Waals surface area contributed by atoms with Crippen LogP contribution in [0.3, 0.4) is 0 Å². The van der Waals surface area contributed by atoms with Crippen LogP contribution in [0.25, 0.3) is 0 Å². The summed E-state index contributed by atoms with van der Waals surface area (Å²) >= 11 is 0. The highest BCUT2D eigenvalue weighted by atomic mass is 16.2. The van der Waals surface area contributed by atoms with Gasteiger partial charge in [0, 0.05) is 38.8 Å². The summed E-state index contributed by atoms with van der Waals surface area (Å²) in [7, 11) is 1.91. The maximum Gasteiger partial charge on any atom is 0.239 e. The number of nitrogens with one attached hydrogen (secondary N) is 1. The van der Waals surface area contributed by atoms with Crippen LogP contribution in [-0.4, -0.2) is 45.8 Å². The Balaban J connectivity index is 1.82. The lowest BCUT2D eigenvalue weighted by Gasteiger charge is -2.17. The second kappa shape index (κ2) is 5.52. The van der Waals surface area contributed by atoms with E-state index >= 15 is 0 Å². The highest BCUT2D eigenvalue weighted by Gasteiger charge is 2.31. The number of carbonyl (C=O) groups excluding carboxylic acids is 1. The molecule has 1 aliphatic heterocycles. The normalized spacial score (nSPS) is 20.1. The molecule has 0 aromatic carbocycles. The van der Waals surface area contributed by atoms with Gasteiger partial charge in [-0.15, -0.1) is 0 Å². The molecule has 1 N–H and O–H groups in total. The standard InChI is InChI=1S/C13H22N4O/c1-10(2)14-12-6-9-17(13(12)18)8-5-11-4-7-16(3)15-11/h4,7,10,12,14H,5-6,8-9H2,1-3H3. The molecule has 100 valence electrons. The van der Waals surface area contributed by atoms with Crippen LogP contribution in [0.15, 0.2) is 12.3 Å². The van der Waals surface area contributed by atoms with Crippen LogP contribution in [0.5, 0.6) is 0 Å². The Hall–Kier alpha value is -1.36. The SMILES string of the molecule is CC(C)NC1CCN(CCc2ccn(C)n2)C1=O. The average molecular weight is 250 g/mol. The van der Waals surface area contributed by atoms with Crippen molar-refractivity contribution in [1.29, 1.82) is 0 Å². The topological polar surface area (TPSA) is 50.2 Å². The van der Waals surface area contributed by atoms with Gasteiger partial charge in [0.05, 0.1) is 11.7 Å². The molecular formula is C13H22N4O. The zero-order valence-electron chi connectivity index (χ0n) is 11.4. The molecule has 0 spiro atoms. The second-order valence-electron chi connectivity index (χ2n) is 5.22. The molecule has 0 radical (unpaired) electrons. The van der Waals surface area contributed by atoms with Crippen molar-refractivity contribution in [2.24, 2.45) is 7.05 Å². The van der Waals surface area contributed by atoms with E-state index in [1.807, 2.05) is 24.2 Å². The Kier molecular flexibility index (Phi) is 4.01. The third-order valence-electron chi connectivity index (χ3n) is 3.24. The van der Waals surface area contributed by atoms with E-state index in [4.69, 9.17) is 0 Å². The summed E-state index contributed by atoms with van der Waals surface area (Å²) in [6.07, 6.45) is 3.68. The van der Waals surface area contributed by atoms with Crippen LogP contribution in [0.2, 0.25) is 0 Å². The van der Waals surface area contributed by atoms with E-state index in [1.54, 1.807) is 4.68 Å². The van der Waals surface area contributed by atoms with Crippen molar-refractivity contribution in [3.05, 3.63) is 18.0 Å². The van der Waals surface area contributed by atoms with Crippen molar-refractivity contribution in [3.63, 3.8) is 0 Å². The van der Waals surface area contributed by atoms with Gasteiger partial charge < -0.3 is 10.2 Å². The zero-order valence-corrected chi connectivity index (χ0v) is 11.4. The summed E-state index contributed by atoms with van der Waals surface area (Å²) in [5.74, 6) is 0.236. The molecule has 1 amide bonds. The maximum atomic E-state index is 12.1. The van der Waals surface area contributed by atoms with Gasteiger partial charge in [-0.3, -0.25) is 9.48 Å². The third kappa shape index (κ3) is 3.10. The molecule has 18 heavy (non-hydrogen) atoms. The van der Waals surface area contributed by atoms with Crippen LogP contribution >= 0.6 is 0 Å². The molecule has 0 saturated carbocycles. The Bertz CT molecular complexity index is 413. The molecule has 1 aliphatic rings. The number of aromatic nitrogens is 2. The molecule has 0 aliphatic carbocycles. The zero-order chi connectivity index (χ0) is 13.1. The van der Waals surface area contributed by atoms with Gasteiger partial charge >= 0.3 is 0 Å². The van der Waals surface area contributed by atoms with E-state index in [-0.39, 0.29) is 11.9 Å². The van der Waals surface area contributed by atoms with E-state index in [9.17, 15) is 4.79 Å². The molecule has 0 bridgehead atoms. The van der Waals surface area contributed by atoms with Crippen molar-refractivity contribution in [2.45, 2.75) is 38.8 Å². The van der Waals surface area contributed by atoms with Crippen molar-refractivity contribution in [2.75, 3.05) is 13.1 Å². The van der Waals surface area contributed by atoms with Crippen LogP contribution in [-0.2, 0) is 18.3 Å². The highest BCUT2D eigenvalue weighted by molar-refractivity contribution is 5.84. The lowest BCUT2D eigenvalue weighted by atomic mass is 10.2. The first kappa shape index (κ1) is 13.1. The Morgan fingerprint density at radius 2 is 2.33 bits per heavy atom. The lowest BCUT2D eigenvalue weighted by molar-refractivity contribution is -0.129. The van der Waals surface area contributed by atoms with Crippen LogP contribution in [0.4, 0.5) is 0 Å². The van der Waals surface area contributed by atoms with Crippen molar-refractivity contribution < 1.29 is 4.79 Å². The van der Waals surface area contributed by atoms with Crippen LogP contribution in [0, 0.1) is 0 Å². The molecule has 1 aromatic rings. The van der Waals surface area contributed by atoms with Crippen LogP contribution in [0.1, 0.15) is 26.0 Å². The van der Waals surface area contributed by atoms with Gasteiger partial charge in [-0.25, -0.2) is 0 Å². The quantitative estimate of drug-likeness (QED) is 0.831. The number of aryl methyl sites for hydroxylation is 1. The largest absolute Gasteiger partial charge is 0.341 e. The summed E-state index contributed by atoms with van der Waals surface area (Å²) < 4.78 is 1.80. The maximum absolute atomic E-state index is 12.1. The number of nitrogens with zero attached hydrogens (tertiary/aromatic N) is 3. The average Bonchev–Trinajstić information content (AvgIpc) is 2.85. The Labute approximate surface area is 108 Å². The molecule has 1 saturated heterocycles. The van der Waals surface area contributed by atoms with Gasteiger partial charge in [0.1, 0.15) is 0 Å². The van der Waals surface area contributed by atoms with Crippen LogP contribution < -0.4 is 5.32 Å². The van der Waals surface area contributed by atoms with E-state index in [0.717, 1.165) is 31.6 Å². The molecule has 2 rings (SSSR count). The molecule has 1 fully saturated rings. The van der Waals surface area contributed by atoms with Gasteiger partial charge in [-0.2, -0.15) is 5.10 Å². The number of amides is 1. The van der Waals surface area contributed by atoms with E-state index < -0.39 is 0 Å². The minimum atomic E-state index is 0.00809. The molecule has 2 heterocycles. The van der Waals surface area contributed by atoms with Gasteiger partial charge in [0.15, 0.2) is 0 Å². The first-order valence-electron chi connectivity index (χ1n) is 6.59. The van der Waals surface area contributed by atoms with Gasteiger partial charge in [-0.05, 0) is 12.5 Å².